The molecule has 25 heavy (non-hydrogen) atoms. The first-order chi connectivity index (χ1) is 12.1. The molecule has 3 aromatic rings. The second-order valence-electron chi connectivity index (χ2n) is 5.46. The Balaban J connectivity index is 1.62. The molecule has 0 radical (unpaired) electrons. The van der Waals surface area contributed by atoms with Gasteiger partial charge in [0.15, 0.2) is 0 Å². The fourth-order valence-electron chi connectivity index (χ4n) is 2.35. The van der Waals surface area contributed by atoms with Crippen LogP contribution in [0.25, 0.3) is 0 Å². The number of hydrogen-bond donors (Lipinski definition) is 2. The summed E-state index contributed by atoms with van der Waals surface area (Å²) < 4.78 is 13.6. The highest BCUT2D eigenvalue weighted by Crippen LogP contribution is 2.19. The van der Waals surface area contributed by atoms with E-state index in [1.807, 2.05) is 12.1 Å². The minimum Gasteiger partial charge on any atom is -0.381 e. The van der Waals surface area contributed by atoms with Gasteiger partial charge < -0.3 is 10.6 Å². The zero-order valence-corrected chi connectivity index (χ0v) is 14.1. The van der Waals surface area contributed by atoms with Crippen molar-refractivity contribution in [3.05, 3.63) is 94.8 Å². The minimum atomic E-state index is -0.266. The van der Waals surface area contributed by atoms with Gasteiger partial charge in [-0.3, -0.25) is 4.79 Å². The molecule has 0 saturated heterocycles. The SMILES string of the molecule is O=C(Nc1ccc(NCc2ccccc2F)cc1)c1ccccc1Cl. The van der Waals surface area contributed by atoms with Gasteiger partial charge in [-0.05, 0) is 42.5 Å². The number of nitrogens with one attached hydrogen (secondary N) is 2. The number of halogens is 2. The second kappa shape index (κ2) is 7.81. The van der Waals surface area contributed by atoms with E-state index in [0.717, 1.165) is 5.69 Å². The Hall–Kier alpha value is -2.85. The summed E-state index contributed by atoms with van der Waals surface area (Å²) in [6.07, 6.45) is 0. The van der Waals surface area contributed by atoms with Crippen LogP contribution >= 0.6 is 11.6 Å². The third kappa shape index (κ3) is 4.37. The lowest BCUT2D eigenvalue weighted by molar-refractivity contribution is 0.102. The number of carbonyl (C=O) groups is 1. The summed E-state index contributed by atoms with van der Waals surface area (Å²) in [6.45, 7) is 0.387. The van der Waals surface area contributed by atoms with Gasteiger partial charge in [-0.1, -0.05) is 41.9 Å². The number of rotatable bonds is 5. The van der Waals surface area contributed by atoms with E-state index in [9.17, 15) is 9.18 Å². The summed E-state index contributed by atoms with van der Waals surface area (Å²) in [5, 5.41) is 6.35. The maximum Gasteiger partial charge on any atom is 0.257 e. The number of amides is 1. The number of hydrogen-bond acceptors (Lipinski definition) is 2. The van der Waals surface area contributed by atoms with Gasteiger partial charge in [-0.15, -0.1) is 0 Å². The Morgan fingerprint density at radius 3 is 2.24 bits per heavy atom. The summed E-state index contributed by atoms with van der Waals surface area (Å²) in [6, 6.07) is 20.7. The molecule has 3 aromatic carbocycles. The first-order valence-electron chi connectivity index (χ1n) is 7.77. The van der Waals surface area contributed by atoms with Crippen LogP contribution in [0.2, 0.25) is 5.02 Å². The summed E-state index contributed by atoms with van der Waals surface area (Å²) in [5.41, 5.74) is 2.50. The summed E-state index contributed by atoms with van der Waals surface area (Å²) in [4.78, 5) is 12.2. The summed E-state index contributed by atoms with van der Waals surface area (Å²) in [5.74, 6) is -0.503. The fraction of sp³-hybridized carbons (Fsp3) is 0.0500. The topological polar surface area (TPSA) is 41.1 Å². The molecule has 3 nitrogen and oxygen atoms in total. The Labute approximate surface area is 150 Å². The molecule has 5 heteroatoms. The molecule has 0 heterocycles. The molecule has 0 saturated carbocycles. The van der Waals surface area contributed by atoms with E-state index in [2.05, 4.69) is 10.6 Å². The zero-order valence-electron chi connectivity index (χ0n) is 13.3. The molecular formula is C20H16ClFN2O. The van der Waals surface area contributed by atoms with Crippen LogP contribution in [0.15, 0.2) is 72.8 Å². The van der Waals surface area contributed by atoms with Gasteiger partial charge in [0.1, 0.15) is 5.82 Å². The van der Waals surface area contributed by atoms with Crippen LogP contribution in [0, 0.1) is 5.82 Å². The molecule has 0 aliphatic heterocycles. The molecule has 0 aliphatic rings. The van der Waals surface area contributed by atoms with E-state index in [1.54, 1.807) is 54.6 Å². The standard InChI is InChI=1S/C20H16ClFN2O/c21-18-7-3-2-6-17(18)20(25)24-16-11-9-15(10-12-16)23-13-14-5-1-4-8-19(14)22/h1-12,23H,13H2,(H,24,25). The van der Waals surface area contributed by atoms with E-state index >= 15 is 0 Å². The van der Waals surface area contributed by atoms with Gasteiger partial charge in [0.25, 0.3) is 5.91 Å². The molecule has 0 fully saturated rings. The van der Waals surface area contributed by atoms with Crippen molar-refractivity contribution in [3.63, 3.8) is 0 Å². The lowest BCUT2D eigenvalue weighted by Gasteiger charge is -2.10. The van der Waals surface area contributed by atoms with Crippen molar-refractivity contribution in [2.45, 2.75) is 6.54 Å². The molecule has 126 valence electrons. The molecule has 0 spiro atoms. The van der Waals surface area contributed by atoms with Crippen LogP contribution in [-0.4, -0.2) is 5.91 Å². The fourth-order valence-corrected chi connectivity index (χ4v) is 2.58. The zero-order chi connectivity index (χ0) is 17.6. The Morgan fingerprint density at radius 1 is 0.880 bits per heavy atom. The van der Waals surface area contributed by atoms with E-state index in [-0.39, 0.29) is 11.7 Å². The molecule has 0 aliphatic carbocycles. The minimum absolute atomic E-state index is 0.237. The molecule has 3 rings (SSSR count). The number of anilines is 2. The maximum atomic E-state index is 13.6. The Kier molecular flexibility index (Phi) is 5.31. The van der Waals surface area contributed by atoms with Crippen molar-refractivity contribution >= 4 is 28.9 Å². The third-order valence-corrected chi connectivity index (χ3v) is 4.03. The van der Waals surface area contributed by atoms with Crippen LogP contribution in [0.5, 0.6) is 0 Å². The first-order valence-corrected chi connectivity index (χ1v) is 8.14. The van der Waals surface area contributed by atoms with Gasteiger partial charge in [-0.25, -0.2) is 4.39 Å². The average Bonchev–Trinajstić information content (AvgIpc) is 2.62. The van der Waals surface area contributed by atoms with E-state index < -0.39 is 0 Å². The van der Waals surface area contributed by atoms with Crippen molar-refractivity contribution in [2.24, 2.45) is 0 Å². The normalized spacial score (nSPS) is 10.3. The quantitative estimate of drug-likeness (QED) is 0.649. The summed E-state index contributed by atoms with van der Waals surface area (Å²) >= 11 is 6.02. The van der Waals surface area contributed by atoms with Gasteiger partial charge in [0.2, 0.25) is 0 Å². The first kappa shape index (κ1) is 17.0. The van der Waals surface area contributed by atoms with Crippen LogP contribution in [0.4, 0.5) is 15.8 Å². The molecule has 2 N–H and O–H groups in total. The van der Waals surface area contributed by atoms with Crippen molar-refractivity contribution < 1.29 is 9.18 Å². The second-order valence-corrected chi connectivity index (χ2v) is 5.86. The van der Waals surface area contributed by atoms with Gasteiger partial charge in [0.05, 0.1) is 10.6 Å². The number of carbonyl (C=O) groups excluding carboxylic acids is 1. The van der Waals surface area contributed by atoms with Crippen molar-refractivity contribution in [3.8, 4) is 0 Å². The van der Waals surface area contributed by atoms with Crippen molar-refractivity contribution in [1.29, 1.82) is 0 Å². The van der Waals surface area contributed by atoms with Gasteiger partial charge >= 0.3 is 0 Å². The highest BCUT2D eigenvalue weighted by molar-refractivity contribution is 6.34. The van der Waals surface area contributed by atoms with Crippen LogP contribution in [0.3, 0.4) is 0 Å². The molecule has 0 unspecified atom stereocenters. The van der Waals surface area contributed by atoms with E-state index in [0.29, 0.717) is 28.4 Å². The predicted molar refractivity (Wildman–Crippen MR) is 99.6 cm³/mol. The van der Waals surface area contributed by atoms with Crippen LogP contribution in [-0.2, 0) is 6.54 Å². The molecule has 1 amide bonds. The Morgan fingerprint density at radius 2 is 1.52 bits per heavy atom. The Bertz CT molecular complexity index is 881. The third-order valence-electron chi connectivity index (χ3n) is 3.70. The molecule has 0 aromatic heterocycles. The largest absolute Gasteiger partial charge is 0.381 e. The lowest BCUT2D eigenvalue weighted by Crippen LogP contribution is -2.12. The average molecular weight is 355 g/mol. The highest BCUT2D eigenvalue weighted by atomic mass is 35.5. The van der Waals surface area contributed by atoms with Gasteiger partial charge in [0, 0.05) is 23.5 Å². The maximum absolute atomic E-state index is 13.6. The number of benzene rings is 3. The molecule has 0 bridgehead atoms. The van der Waals surface area contributed by atoms with E-state index in [1.165, 1.54) is 6.07 Å². The molecular weight excluding hydrogens is 339 g/mol. The van der Waals surface area contributed by atoms with Crippen LogP contribution < -0.4 is 10.6 Å². The highest BCUT2D eigenvalue weighted by Gasteiger charge is 2.09. The van der Waals surface area contributed by atoms with Crippen LogP contribution in [0.1, 0.15) is 15.9 Å². The molecule has 0 atom stereocenters. The monoisotopic (exact) mass is 354 g/mol. The predicted octanol–water partition coefficient (Wildman–Crippen LogP) is 5.34. The summed E-state index contributed by atoms with van der Waals surface area (Å²) in [7, 11) is 0. The van der Waals surface area contributed by atoms with Gasteiger partial charge in [-0.2, -0.15) is 0 Å². The smallest absolute Gasteiger partial charge is 0.257 e. The van der Waals surface area contributed by atoms with Crippen molar-refractivity contribution in [1.82, 2.24) is 0 Å². The van der Waals surface area contributed by atoms with Crippen molar-refractivity contribution in [2.75, 3.05) is 10.6 Å². The lowest BCUT2D eigenvalue weighted by atomic mass is 10.2. The van der Waals surface area contributed by atoms with E-state index in [4.69, 9.17) is 11.6 Å².